The molecule has 0 heterocycles. The summed E-state index contributed by atoms with van der Waals surface area (Å²) in [6.45, 7) is 1.31. The fourth-order valence-electron chi connectivity index (χ4n) is 3.06. The van der Waals surface area contributed by atoms with Crippen molar-refractivity contribution in [2.24, 2.45) is 0 Å². The van der Waals surface area contributed by atoms with Crippen LogP contribution in [0.25, 0.3) is 0 Å². The number of nitrogens with one attached hydrogen (secondary N) is 1. The number of nitrogens with zero attached hydrogens (tertiary/aromatic N) is 2. The van der Waals surface area contributed by atoms with Gasteiger partial charge in [-0.25, -0.2) is 8.42 Å². The van der Waals surface area contributed by atoms with E-state index < -0.39 is 28.5 Å². The summed E-state index contributed by atoms with van der Waals surface area (Å²) < 4.78 is 25.8. The lowest BCUT2D eigenvalue weighted by Crippen LogP contribution is -2.51. The molecule has 1 N–H and O–H groups in total. The van der Waals surface area contributed by atoms with Gasteiger partial charge in [-0.3, -0.25) is 13.9 Å². The van der Waals surface area contributed by atoms with E-state index in [1.807, 2.05) is 30.3 Å². The van der Waals surface area contributed by atoms with Crippen LogP contribution < -0.4 is 9.62 Å². The summed E-state index contributed by atoms with van der Waals surface area (Å²) in [6.07, 6.45) is 1.48. The van der Waals surface area contributed by atoms with Crippen LogP contribution in [-0.2, 0) is 26.0 Å². The third-order valence-electron chi connectivity index (χ3n) is 4.78. The number of halogens is 2. The summed E-state index contributed by atoms with van der Waals surface area (Å²) in [6, 6.07) is 13.2. The topological polar surface area (TPSA) is 86.8 Å². The molecule has 168 valence electrons. The molecular weight excluding hydrogens is 461 g/mol. The van der Waals surface area contributed by atoms with Crippen LogP contribution in [0.15, 0.2) is 48.5 Å². The van der Waals surface area contributed by atoms with Crippen LogP contribution in [0.5, 0.6) is 0 Å². The molecule has 0 aliphatic carbocycles. The van der Waals surface area contributed by atoms with Crippen molar-refractivity contribution < 1.29 is 18.0 Å². The van der Waals surface area contributed by atoms with Crippen LogP contribution in [0.4, 0.5) is 5.69 Å². The summed E-state index contributed by atoms with van der Waals surface area (Å²) in [5, 5.41) is 2.72. The van der Waals surface area contributed by atoms with E-state index in [-0.39, 0.29) is 28.2 Å². The SMILES string of the molecule is CNC(=O)[C@H](C)N(CCc1ccccc1)C(=O)CN(c1cccc(Cl)c1Cl)S(C)(=O)=O. The van der Waals surface area contributed by atoms with Crippen LogP contribution in [0, 0.1) is 0 Å². The predicted octanol–water partition coefficient (Wildman–Crippen LogP) is 2.97. The first-order valence-electron chi connectivity index (χ1n) is 9.53. The fraction of sp³-hybridized carbons (Fsp3) is 0.333. The van der Waals surface area contributed by atoms with E-state index in [9.17, 15) is 18.0 Å². The Bertz CT molecular complexity index is 1030. The van der Waals surface area contributed by atoms with Crippen molar-refractivity contribution in [1.29, 1.82) is 0 Å². The summed E-state index contributed by atoms with van der Waals surface area (Å²) in [4.78, 5) is 26.8. The second-order valence-corrected chi connectivity index (χ2v) is 9.65. The van der Waals surface area contributed by atoms with Gasteiger partial charge < -0.3 is 10.2 Å². The van der Waals surface area contributed by atoms with Crippen LogP contribution in [0.3, 0.4) is 0 Å². The highest BCUT2D eigenvalue weighted by Gasteiger charge is 2.30. The maximum atomic E-state index is 13.2. The highest BCUT2D eigenvalue weighted by Crippen LogP contribution is 2.33. The van der Waals surface area contributed by atoms with Gasteiger partial charge in [0.05, 0.1) is 22.0 Å². The Kier molecular flexibility index (Phi) is 8.73. The van der Waals surface area contributed by atoms with Crippen molar-refractivity contribution >= 4 is 50.7 Å². The van der Waals surface area contributed by atoms with Crippen molar-refractivity contribution in [1.82, 2.24) is 10.2 Å². The summed E-state index contributed by atoms with van der Waals surface area (Å²) in [7, 11) is -2.38. The average molecular weight is 486 g/mol. The highest BCUT2D eigenvalue weighted by molar-refractivity contribution is 7.92. The largest absolute Gasteiger partial charge is 0.357 e. The van der Waals surface area contributed by atoms with Crippen molar-refractivity contribution in [3.63, 3.8) is 0 Å². The minimum Gasteiger partial charge on any atom is -0.357 e. The maximum Gasteiger partial charge on any atom is 0.244 e. The Morgan fingerprint density at radius 1 is 1.06 bits per heavy atom. The molecule has 0 unspecified atom stereocenters. The van der Waals surface area contributed by atoms with Crippen molar-refractivity contribution in [2.45, 2.75) is 19.4 Å². The monoisotopic (exact) mass is 485 g/mol. The molecule has 31 heavy (non-hydrogen) atoms. The summed E-state index contributed by atoms with van der Waals surface area (Å²) >= 11 is 12.2. The first kappa shape index (κ1) is 25.0. The zero-order valence-corrected chi connectivity index (χ0v) is 19.8. The highest BCUT2D eigenvalue weighted by atomic mass is 35.5. The molecule has 0 saturated carbocycles. The average Bonchev–Trinajstić information content (AvgIpc) is 2.73. The Hall–Kier alpha value is -2.29. The van der Waals surface area contributed by atoms with Gasteiger partial charge in [-0.2, -0.15) is 0 Å². The first-order chi connectivity index (χ1) is 14.6. The molecular formula is C21H25Cl2N3O4S. The number of sulfonamides is 1. The van der Waals surface area contributed by atoms with E-state index in [0.717, 1.165) is 16.1 Å². The molecule has 10 heteroatoms. The molecule has 0 fully saturated rings. The molecule has 2 rings (SSSR count). The number of carbonyl (C=O) groups excluding carboxylic acids is 2. The van der Waals surface area contributed by atoms with Crippen molar-refractivity contribution in [2.75, 3.05) is 30.7 Å². The molecule has 0 saturated heterocycles. The van der Waals surface area contributed by atoms with E-state index in [0.29, 0.717) is 6.42 Å². The predicted molar refractivity (Wildman–Crippen MR) is 124 cm³/mol. The molecule has 0 aliphatic heterocycles. The lowest BCUT2D eigenvalue weighted by Gasteiger charge is -2.31. The number of benzene rings is 2. The van der Waals surface area contributed by atoms with E-state index in [1.54, 1.807) is 13.0 Å². The van der Waals surface area contributed by atoms with Crippen LogP contribution in [0.1, 0.15) is 12.5 Å². The maximum absolute atomic E-state index is 13.2. The minimum absolute atomic E-state index is 0.0255. The third-order valence-corrected chi connectivity index (χ3v) is 6.71. The molecule has 0 aliphatic rings. The molecule has 2 amide bonds. The number of rotatable bonds is 9. The first-order valence-corrected chi connectivity index (χ1v) is 12.1. The molecule has 0 radical (unpaired) electrons. The Morgan fingerprint density at radius 2 is 1.71 bits per heavy atom. The molecule has 0 bridgehead atoms. The van der Waals surface area contributed by atoms with Gasteiger partial charge in [0.2, 0.25) is 21.8 Å². The van der Waals surface area contributed by atoms with E-state index in [4.69, 9.17) is 23.2 Å². The third kappa shape index (κ3) is 6.59. The molecule has 0 spiro atoms. The van der Waals surface area contributed by atoms with Crippen LogP contribution >= 0.6 is 23.2 Å². The number of hydrogen-bond acceptors (Lipinski definition) is 4. The second kappa shape index (κ2) is 10.8. The van der Waals surface area contributed by atoms with Gasteiger partial charge in [0.1, 0.15) is 12.6 Å². The lowest BCUT2D eigenvalue weighted by molar-refractivity contribution is -0.138. The van der Waals surface area contributed by atoms with Gasteiger partial charge in [0.25, 0.3) is 0 Å². The number of carbonyl (C=O) groups is 2. The lowest BCUT2D eigenvalue weighted by atomic mass is 10.1. The molecule has 1 atom stereocenters. The summed E-state index contributed by atoms with van der Waals surface area (Å²) in [5.74, 6) is -0.887. The molecule has 2 aromatic carbocycles. The van der Waals surface area contributed by atoms with Crippen LogP contribution in [-0.4, -0.2) is 57.6 Å². The van der Waals surface area contributed by atoms with Gasteiger partial charge in [0, 0.05) is 13.6 Å². The van der Waals surface area contributed by atoms with E-state index in [2.05, 4.69) is 5.32 Å². The quantitative estimate of drug-likeness (QED) is 0.591. The van der Waals surface area contributed by atoms with Crippen molar-refractivity contribution in [3.05, 3.63) is 64.1 Å². The smallest absolute Gasteiger partial charge is 0.244 e. The van der Waals surface area contributed by atoms with Gasteiger partial charge in [-0.15, -0.1) is 0 Å². The number of anilines is 1. The number of hydrogen-bond donors (Lipinski definition) is 1. The zero-order chi connectivity index (χ0) is 23.2. The standard InChI is InChI=1S/C21H25Cl2N3O4S/c1-15(21(28)24-2)25(13-12-16-8-5-4-6-9-16)19(27)14-26(31(3,29)30)18-11-7-10-17(22)20(18)23/h4-11,15H,12-14H2,1-3H3,(H,24,28)/t15-/m0/s1. The second-order valence-electron chi connectivity index (χ2n) is 6.96. The van der Waals surface area contributed by atoms with Gasteiger partial charge >= 0.3 is 0 Å². The normalized spacial score (nSPS) is 12.2. The number of amides is 2. The Morgan fingerprint density at radius 3 is 2.29 bits per heavy atom. The number of likely N-dealkylation sites (N-methyl/N-ethyl adjacent to an activating group) is 1. The minimum atomic E-state index is -3.86. The van der Waals surface area contributed by atoms with Gasteiger partial charge in [0.15, 0.2) is 0 Å². The zero-order valence-electron chi connectivity index (χ0n) is 17.5. The Balaban J connectivity index is 2.34. The summed E-state index contributed by atoms with van der Waals surface area (Å²) in [5.41, 5.74) is 1.09. The van der Waals surface area contributed by atoms with Gasteiger partial charge in [-0.05, 0) is 31.0 Å². The Labute approximate surface area is 193 Å². The van der Waals surface area contributed by atoms with E-state index in [1.165, 1.54) is 24.1 Å². The van der Waals surface area contributed by atoms with Crippen molar-refractivity contribution in [3.8, 4) is 0 Å². The van der Waals surface area contributed by atoms with Gasteiger partial charge in [-0.1, -0.05) is 59.6 Å². The van der Waals surface area contributed by atoms with E-state index >= 15 is 0 Å². The molecule has 7 nitrogen and oxygen atoms in total. The molecule has 0 aromatic heterocycles. The molecule has 2 aromatic rings. The fourth-order valence-corrected chi connectivity index (χ4v) is 4.36. The van der Waals surface area contributed by atoms with Crippen LogP contribution in [0.2, 0.25) is 10.0 Å².